The van der Waals surface area contributed by atoms with E-state index < -0.39 is 24.1 Å². The third-order valence-corrected chi connectivity index (χ3v) is 7.10. The molecule has 0 radical (unpaired) electrons. The molecule has 0 bridgehead atoms. The average Bonchev–Trinajstić information content (AvgIpc) is 3.06. The normalized spacial score (nSPS) is 14.3. The van der Waals surface area contributed by atoms with Gasteiger partial charge in [-0.3, -0.25) is 9.59 Å². The number of hydrogen-bond donors (Lipinski definition) is 0. The van der Waals surface area contributed by atoms with E-state index in [0.717, 1.165) is 44.9 Å². The van der Waals surface area contributed by atoms with E-state index in [9.17, 15) is 19.5 Å². The van der Waals surface area contributed by atoms with Gasteiger partial charge in [0.1, 0.15) is 12.6 Å². The number of aliphatic carboxylic acids is 1. The molecule has 0 amide bonds. The molecule has 278 valence electrons. The van der Waals surface area contributed by atoms with Crippen molar-refractivity contribution in [1.82, 2.24) is 0 Å². The van der Waals surface area contributed by atoms with Gasteiger partial charge in [-0.15, -0.1) is 0 Å². The second kappa shape index (κ2) is 32.2. The van der Waals surface area contributed by atoms with Gasteiger partial charge < -0.3 is 28.6 Å². The van der Waals surface area contributed by atoms with Crippen LogP contribution in [0.5, 0.6) is 0 Å². The largest absolute Gasteiger partial charge is 0.544 e. The van der Waals surface area contributed by atoms with E-state index in [1.165, 1.54) is 0 Å². The van der Waals surface area contributed by atoms with Crippen molar-refractivity contribution in [2.24, 2.45) is 0 Å². The number of carbonyl (C=O) groups is 3. The molecular weight excluding hydrogens is 630 g/mol. The number of allylic oxidation sites excluding steroid dienone is 17. The molecule has 8 heteroatoms. The Kier molecular flexibility index (Phi) is 29.6. The topological polar surface area (TPSA) is 102 Å². The Hall–Kier alpha value is -4.01. The number of carboxylic acids is 1. The minimum Gasteiger partial charge on any atom is -0.544 e. The first-order chi connectivity index (χ1) is 24.1. The second-order valence-corrected chi connectivity index (χ2v) is 12.5. The molecule has 2 atom stereocenters. The monoisotopic (exact) mass is 693 g/mol. The van der Waals surface area contributed by atoms with Crippen LogP contribution in [0.3, 0.4) is 0 Å². The van der Waals surface area contributed by atoms with Crippen molar-refractivity contribution in [2.45, 2.75) is 96.6 Å². The van der Waals surface area contributed by atoms with Crippen LogP contribution in [0.4, 0.5) is 0 Å². The van der Waals surface area contributed by atoms with Crippen molar-refractivity contribution >= 4 is 17.9 Å². The predicted molar refractivity (Wildman–Crippen MR) is 203 cm³/mol. The fourth-order valence-corrected chi connectivity index (χ4v) is 4.34. The van der Waals surface area contributed by atoms with Crippen molar-refractivity contribution in [1.29, 1.82) is 0 Å². The van der Waals surface area contributed by atoms with Gasteiger partial charge in [0.15, 0.2) is 6.10 Å². The van der Waals surface area contributed by atoms with Crippen LogP contribution in [-0.2, 0) is 28.6 Å². The summed E-state index contributed by atoms with van der Waals surface area (Å²) >= 11 is 0. The second-order valence-electron chi connectivity index (χ2n) is 12.5. The van der Waals surface area contributed by atoms with E-state index in [0.29, 0.717) is 6.42 Å². The number of quaternary nitrogens is 1. The summed E-state index contributed by atoms with van der Waals surface area (Å²) in [5.74, 6) is -1.97. The zero-order chi connectivity index (χ0) is 37.1. The smallest absolute Gasteiger partial charge is 0.309 e. The highest BCUT2D eigenvalue weighted by molar-refractivity contribution is 5.71. The molecule has 0 saturated heterocycles. The van der Waals surface area contributed by atoms with Gasteiger partial charge in [0, 0.05) is 12.8 Å². The Balaban J connectivity index is 4.66. The van der Waals surface area contributed by atoms with Crippen LogP contribution in [0.25, 0.3) is 0 Å². The lowest BCUT2D eigenvalue weighted by molar-refractivity contribution is -0.889. The number of esters is 2. The molecule has 0 saturated carbocycles. The summed E-state index contributed by atoms with van der Waals surface area (Å²) in [6.45, 7) is 4.18. The van der Waals surface area contributed by atoms with Crippen molar-refractivity contribution in [3.63, 3.8) is 0 Å². The number of ether oxygens (including phenoxy) is 3. The molecule has 0 fully saturated rings. The van der Waals surface area contributed by atoms with E-state index >= 15 is 0 Å². The van der Waals surface area contributed by atoms with Crippen molar-refractivity contribution in [3.05, 3.63) is 109 Å². The first kappa shape index (κ1) is 46.0. The number of unbranched alkanes of at least 4 members (excludes halogenated alkanes) is 3. The van der Waals surface area contributed by atoms with Gasteiger partial charge in [-0.05, 0) is 44.9 Å². The summed E-state index contributed by atoms with van der Waals surface area (Å²) in [4.78, 5) is 36.5. The Labute approximate surface area is 302 Å². The average molecular weight is 694 g/mol. The Morgan fingerprint density at radius 1 is 0.640 bits per heavy atom. The van der Waals surface area contributed by atoms with Crippen molar-refractivity contribution < 1.29 is 38.2 Å². The molecule has 0 heterocycles. The molecule has 0 spiro atoms. The minimum atomic E-state index is -1.15. The lowest BCUT2D eigenvalue weighted by Crippen LogP contribution is -2.55. The molecule has 50 heavy (non-hydrogen) atoms. The lowest BCUT2D eigenvalue weighted by Gasteiger charge is -2.34. The predicted octanol–water partition coefficient (Wildman–Crippen LogP) is 7.62. The van der Waals surface area contributed by atoms with E-state index in [1.54, 1.807) is 27.2 Å². The molecule has 0 N–H and O–H groups in total. The van der Waals surface area contributed by atoms with E-state index in [1.807, 2.05) is 72.9 Å². The Morgan fingerprint density at radius 2 is 1.20 bits per heavy atom. The zero-order valence-electron chi connectivity index (χ0n) is 31.3. The first-order valence-corrected chi connectivity index (χ1v) is 18.0. The minimum absolute atomic E-state index is 0.0134. The molecule has 0 aromatic carbocycles. The van der Waals surface area contributed by atoms with Crippen molar-refractivity contribution in [3.8, 4) is 0 Å². The quantitative estimate of drug-likeness (QED) is 0.0261. The third-order valence-electron chi connectivity index (χ3n) is 7.10. The highest BCUT2D eigenvalue weighted by atomic mass is 16.6. The molecule has 0 aliphatic heterocycles. The number of likely N-dealkylation sites (N-methyl/N-ethyl adjacent to an activating group) is 1. The summed E-state index contributed by atoms with van der Waals surface area (Å²) < 4.78 is 16.9. The van der Waals surface area contributed by atoms with Crippen LogP contribution in [0.2, 0.25) is 0 Å². The van der Waals surface area contributed by atoms with Gasteiger partial charge in [-0.25, -0.2) is 0 Å². The van der Waals surface area contributed by atoms with Crippen LogP contribution in [0.15, 0.2) is 109 Å². The number of rotatable bonds is 29. The van der Waals surface area contributed by atoms with Crippen LogP contribution in [0.1, 0.15) is 84.5 Å². The molecule has 0 aliphatic carbocycles. The molecule has 8 nitrogen and oxygen atoms in total. The van der Waals surface area contributed by atoms with Gasteiger partial charge in [0.2, 0.25) is 0 Å². The summed E-state index contributed by atoms with van der Waals surface area (Å²) in [5.41, 5.74) is 0. The molecule has 0 aromatic heterocycles. The first-order valence-electron chi connectivity index (χ1n) is 18.0. The molecule has 0 aromatic rings. The van der Waals surface area contributed by atoms with Gasteiger partial charge in [0.25, 0.3) is 0 Å². The van der Waals surface area contributed by atoms with Crippen LogP contribution >= 0.6 is 0 Å². The molecule has 0 rings (SSSR count). The fourth-order valence-electron chi connectivity index (χ4n) is 4.34. The number of carboxylic acid groups (broad SMARTS) is 1. The summed E-state index contributed by atoms with van der Waals surface area (Å²) in [7, 11) is 5.33. The van der Waals surface area contributed by atoms with Crippen LogP contribution in [-0.4, -0.2) is 75.5 Å². The fraction of sp³-hybridized carbons (Fsp3) is 0.500. The van der Waals surface area contributed by atoms with Gasteiger partial charge in [-0.1, -0.05) is 130 Å². The van der Waals surface area contributed by atoms with Crippen LogP contribution < -0.4 is 5.11 Å². The number of carbonyl (C=O) groups excluding carboxylic acids is 3. The Morgan fingerprint density at radius 3 is 1.78 bits per heavy atom. The van der Waals surface area contributed by atoms with Gasteiger partial charge >= 0.3 is 11.9 Å². The molecule has 0 aliphatic rings. The maximum Gasteiger partial charge on any atom is 0.309 e. The van der Waals surface area contributed by atoms with Gasteiger partial charge in [0.05, 0.1) is 46.7 Å². The van der Waals surface area contributed by atoms with E-state index in [2.05, 4.69) is 44.2 Å². The lowest BCUT2D eigenvalue weighted by atomic mass is 10.1. The molecular formula is C42H63NO7. The third kappa shape index (κ3) is 30.1. The summed E-state index contributed by atoms with van der Waals surface area (Å²) in [6.07, 6.45) is 43.0. The standard InChI is InChI=1S/C42H63NO7/c1-6-8-10-12-14-16-17-18-19-20-21-22-23-25-27-29-31-33-41(45)50-38(36-48-35-34-39(42(46)47)43(3,4)5)37-49-40(44)32-30-28-26-24-15-13-11-9-7-2/h8-12,14-24,28,30,38-39H,6-7,13,25-27,29,31-37H2,1-5H3/b10-8+,11-9+,14-12+,17-16+,19-18+,21-20+,23-22+,24-15+,30-28+. The summed E-state index contributed by atoms with van der Waals surface area (Å²) in [6, 6.07) is -0.751. The maximum atomic E-state index is 12.6. The summed E-state index contributed by atoms with van der Waals surface area (Å²) in [5, 5.41) is 11.6. The SMILES string of the molecule is CC/C=C/C=C/C=C/C=C/C=C/C=C/CCCCCC(=O)OC(COCCC(C(=O)[O-])[N+](C)(C)C)COC(=O)C/C=C/C/C=C/C/C=C/CC. The van der Waals surface area contributed by atoms with Crippen molar-refractivity contribution in [2.75, 3.05) is 41.0 Å². The van der Waals surface area contributed by atoms with Crippen LogP contribution in [0, 0.1) is 0 Å². The highest BCUT2D eigenvalue weighted by Crippen LogP contribution is 2.10. The number of hydrogen-bond acceptors (Lipinski definition) is 7. The number of nitrogens with zero attached hydrogens (tertiary/aromatic N) is 1. The maximum absolute atomic E-state index is 12.6. The Bertz CT molecular complexity index is 1180. The zero-order valence-corrected chi connectivity index (χ0v) is 31.3. The van der Waals surface area contributed by atoms with E-state index in [4.69, 9.17) is 14.2 Å². The highest BCUT2D eigenvalue weighted by Gasteiger charge is 2.25. The molecule has 2 unspecified atom stereocenters. The van der Waals surface area contributed by atoms with E-state index in [-0.39, 0.29) is 49.5 Å². The van der Waals surface area contributed by atoms with Gasteiger partial charge in [-0.2, -0.15) is 0 Å².